The SMILES string of the molecule is CN1C(=O)Cc2ccc(C(Cl)c3ccc(Br)s3)cc2C1=O. The number of nitrogens with zero attached hydrogens (tertiary/aromatic N) is 1. The standard InChI is InChI=1S/C15H11BrClNO2S/c1-18-13(19)7-8-2-3-9(6-10(8)15(18)20)14(17)11-4-5-12(16)21-11/h2-6,14H,7H2,1H3. The summed E-state index contributed by atoms with van der Waals surface area (Å²) in [4.78, 5) is 26.1. The molecule has 1 aromatic heterocycles. The Hall–Kier alpha value is -1.17. The van der Waals surface area contributed by atoms with Gasteiger partial charge in [-0.2, -0.15) is 0 Å². The van der Waals surface area contributed by atoms with Gasteiger partial charge in [-0.25, -0.2) is 0 Å². The van der Waals surface area contributed by atoms with Crippen LogP contribution in [0.4, 0.5) is 0 Å². The van der Waals surface area contributed by atoms with E-state index in [1.807, 2.05) is 24.3 Å². The normalized spacial score (nSPS) is 16.0. The van der Waals surface area contributed by atoms with E-state index < -0.39 is 0 Å². The molecule has 0 saturated heterocycles. The van der Waals surface area contributed by atoms with E-state index in [4.69, 9.17) is 11.6 Å². The Morgan fingerprint density at radius 1 is 1.29 bits per heavy atom. The number of fused-ring (bicyclic) bond motifs is 1. The van der Waals surface area contributed by atoms with E-state index in [1.165, 1.54) is 7.05 Å². The Kier molecular flexibility index (Phi) is 3.90. The van der Waals surface area contributed by atoms with E-state index in [1.54, 1.807) is 17.4 Å². The van der Waals surface area contributed by atoms with Gasteiger partial charge in [-0.1, -0.05) is 12.1 Å². The van der Waals surface area contributed by atoms with Crippen molar-refractivity contribution < 1.29 is 9.59 Å². The van der Waals surface area contributed by atoms with Gasteiger partial charge in [0.05, 0.1) is 15.6 Å². The summed E-state index contributed by atoms with van der Waals surface area (Å²) in [7, 11) is 1.51. The van der Waals surface area contributed by atoms with Crippen LogP contribution in [0.15, 0.2) is 34.1 Å². The van der Waals surface area contributed by atoms with Crippen molar-refractivity contribution in [3.8, 4) is 0 Å². The van der Waals surface area contributed by atoms with E-state index in [2.05, 4.69) is 15.9 Å². The zero-order chi connectivity index (χ0) is 15.1. The van der Waals surface area contributed by atoms with Crippen LogP contribution in [0.3, 0.4) is 0 Å². The molecule has 0 spiro atoms. The number of benzene rings is 1. The Labute approximate surface area is 139 Å². The van der Waals surface area contributed by atoms with Crippen molar-refractivity contribution >= 4 is 50.7 Å². The predicted molar refractivity (Wildman–Crippen MR) is 87.0 cm³/mol. The lowest BCUT2D eigenvalue weighted by Gasteiger charge is -2.24. The van der Waals surface area contributed by atoms with Crippen LogP contribution >= 0.6 is 38.9 Å². The lowest BCUT2D eigenvalue weighted by Crippen LogP contribution is -2.39. The minimum absolute atomic E-state index is 0.176. The number of halogens is 2. The molecule has 3 nitrogen and oxygen atoms in total. The third-order valence-electron chi connectivity index (χ3n) is 3.52. The summed E-state index contributed by atoms with van der Waals surface area (Å²) in [5.41, 5.74) is 2.19. The van der Waals surface area contributed by atoms with Gasteiger partial charge in [0.25, 0.3) is 5.91 Å². The molecule has 1 atom stereocenters. The summed E-state index contributed by atoms with van der Waals surface area (Å²) >= 11 is 11.5. The Balaban J connectivity index is 2.00. The van der Waals surface area contributed by atoms with Crippen LogP contribution in [0.1, 0.15) is 31.7 Å². The van der Waals surface area contributed by atoms with Gasteiger partial charge in [0.1, 0.15) is 0 Å². The van der Waals surface area contributed by atoms with Gasteiger partial charge in [0, 0.05) is 17.5 Å². The lowest BCUT2D eigenvalue weighted by molar-refractivity contribution is -0.127. The van der Waals surface area contributed by atoms with Crippen molar-refractivity contribution in [2.24, 2.45) is 0 Å². The molecule has 0 saturated carbocycles. The number of hydrogen-bond acceptors (Lipinski definition) is 3. The highest BCUT2D eigenvalue weighted by Gasteiger charge is 2.28. The second-order valence-corrected chi connectivity index (χ2v) is 7.79. The molecule has 0 radical (unpaired) electrons. The maximum absolute atomic E-state index is 12.2. The Bertz CT molecular complexity index is 743. The number of carbonyl (C=O) groups excluding carboxylic acids is 2. The molecule has 0 fully saturated rings. The highest BCUT2D eigenvalue weighted by atomic mass is 79.9. The summed E-state index contributed by atoms with van der Waals surface area (Å²) in [6.07, 6.45) is 0.259. The van der Waals surface area contributed by atoms with Crippen LogP contribution in [-0.4, -0.2) is 23.8 Å². The summed E-state index contributed by atoms with van der Waals surface area (Å²) in [5, 5.41) is -0.303. The molecule has 1 aliphatic heterocycles. The molecule has 21 heavy (non-hydrogen) atoms. The summed E-state index contributed by atoms with van der Waals surface area (Å²) in [6, 6.07) is 9.42. The average molecular weight is 385 g/mol. The first-order chi connectivity index (χ1) is 9.97. The van der Waals surface area contributed by atoms with Crippen molar-refractivity contribution in [2.45, 2.75) is 11.8 Å². The smallest absolute Gasteiger partial charge is 0.260 e. The number of thiophene rings is 1. The summed E-state index contributed by atoms with van der Waals surface area (Å²) in [6.45, 7) is 0. The van der Waals surface area contributed by atoms with Gasteiger partial charge in [0.15, 0.2) is 0 Å². The molecule has 2 aromatic rings. The van der Waals surface area contributed by atoms with Crippen molar-refractivity contribution in [3.63, 3.8) is 0 Å². The first kappa shape index (κ1) is 14.8. The van der Waals surface area contributed by atoms with E-state index >= 15 is 0 Å². The van der Waals surface area contributed by atoms with Gasteiger partial charge in [0.2, 0.25) is 5.91 Å². The highest BCUT2D eigenvalue weighted by molar-refractivity contribution is 9.11. The minimum Gasteiger partial charge on any atom is -0.281 e. The number of hydrogen-bond donors (Lipinski definition) is 0. The molecule has 1 aromatic carbocycles. The van der Waals surface area contributed by atoms with Gasteiger partial charge in [-0.3, -0.25) is 14.5 Å². The van der Waals surface area contributed by atoms with Gasteiger partial charge >= 0.3 is 0 Å². The molecule has 2 amide bonds. The van der Waals surface area contributed by atoms with Crippen LogP contribution in [-0.2, 0) is 11.2 Å². The Morgan fingerprint density at radius 2 is 2.05 bits per heavy atom. The number of imide groups is 1. The zero-order valence-electron chi connectivity index (χ0n) is 11.1. The fraction of sp³-hybridized carbons (Fsp3) is 0.200. The number of carbonyl (C=O) groups is 2. The fourth-order valence-corrected chi connectivity index (χ4v) is 4.08. The predicted octanol–water partition coefficient (Wildman–Crippen LogP) is 3.99. The van der Waals surface area contributed by atoms with E-state index in [0.29, 0.717) is 5.56 Å². The molecule has 2 heterocycles. The molecular formula is C15H11BrClNO2S. The van der Waals surface area contributed by atoms with Crippen molar-refractivity contribution in [1.82, 2.24) is 4.90 Å². The number of rotatable bonds is 2. The number of alkyl halides is 1. The van der Waals surface area contributed by atoms with Crippen LogP contribution in [0.25, 0.3) is 0 Å². The van der Waals surface area contributed by atoms with Crippen molar-refractivity contribution in [3.05, 3.63) is 55.7 Å². The van der Waals surface area contributed by atoms with E-state index in [0.717, 1.165) is 24.7 Å². The summed E-state index contributed by atoms with van der Waals surface area (Å²) < 4.78 is 1.02. The largest absolute Gasteiger partial charge is 0.281 e. The van der Waals surface area contributed by atoms with E-state index in [9.17, 15) is 9.59 Å². The highest BCUT2D eigenvalue weighted by Crippen LogP contribution is 2.36. The molecule has 1 unspecified atom stereocenters. The molecule has 3 rings (SSSR count). The lowest BCUT2D eigenvalue weighted by atomic mass is 9.95. The first-order valence-corrected chi connectivity index (χ1v) is 8.35. The molecule has 0 N–H and O–H groups in total. The van der Waals surface area contributed by atoms with Crippen LogP contribution in [0.5, 0.6) is 0 Å². The summed E-state index contributed by atoms with van der Waals surface area (Å²) in [5.74, 6) is -0.441. The molecular weight excluding hydrogens is 374 g/mol. The number of likely N-dealkylation sites (N-methyl/N-ethyl adjacent to an activating group) is 1. The fourth-order valence-electron chi connectivity index (χ4n) is 2.31. The average Bonchev–Trinajstić information content (AvgIpc) is 2.90. The van der Waals surface area contributed by atoms with Gasteiger partial charge in [-0.15, -0.1) is 22.9 Å². The van der Waals surface area contributed by atoms with Crippen LogP contribution in [0.2, 0.25) is 0 Å². The molecule has 0 aliphatic carbocycles. The third kappa shape index (κ3) is 2.65. The molecule has 6 heteroatoms. The minimum atomic E-state index is -0.303. The van der Waals surface area contributed by atoms with Gasteiger partial charge in [-0.05, 0) is 45.3 Å². The van der Waals surface area contributed by atoms with Gasteiger partial charge < -0.3 is 0 Å². The topological polar surface area (TPSA) is 37.4 Å². The molecule has 0 bridgehead atoms. The second kappa shape index (κ2) is 5.55. The third-order valence-corrected chi connectivity index (χ3v) is 5.83. The quantitative estimate of drug-likeness (QED) is 0.580. The maximum atomic E-state index is 12.2. The molecule has 1 aliphatic rings. The van der Waals surface area contributed by atoms with Crippen molar-refractivity contribution in [1.29, 1.82) is 0 Å². The van der Waals surface area contributed by atoms with Crippen molar-refractivity contribution in [2.75, 3.05) is 7.05 Å². The second-order valence-electron chi connectivity index (χ2n) is 4.86. The first-order valence-electron chi connectivity index (χ1n) is 6.30. The van der Waals surface area contributed by atoms with Crippen LogP contribution in [0, 0.1) is 0 Å². The van der Waals surface area contributed by atoms with E-state index in [-0.39, 0.29) is 23.6 Å². The Morgan fingerprint density at radius 3 is 2.71 bits per heavy atom. The number of amides is 2. The maximum Gasteiger partial charge on any atom is 0.260 e. The monoisotopic (exact) mass is 383 g/mol. The molecule has 108 valence electrons. The van der Waals surface area contributed by atoms with Crippen LogP contribution < -0.4 is 0 Å². The zero-order valence-corrected chi connectivity index (χ0v) is 14.3.